The number of pyridine rings is 1. The van der Waals surface area contributed by atoms with E-state index in [-0.39, 0.29) is 11.4 Å². The van der Waals surface area contributed by atoms with Gasteiger partial charge in [-0.2, -0.15) is 0 Å². The average molecular weight is 343 g/mol. The molecule has 0 aliphatic carbocycles. The van der Waals surface area contributed by atoms with Crippen LogP contribution in [0, 0.1) is 30.9 Å². The minimum absolute atomic E-state index is 0.0750. The lowest BCUT2D eigenvalue weighted by Gasteiger charge is -2.17. The van der Waals surface area contributed by atoms with Gasteiger partial charge in [0.15, 0.2) is 11.9 Å². The normalized spacial score (nSPS) is 11.7. The Bertz CT molecular complexity index is 785. The molecular formula is C18H21N3O4. The third-order valence-electron chi connectivity index (χ3n) is 3.59. The molecule has 0 unspecified atom stereocenters. The summed E-state index contributed by atoms with van der Waals surface area (Å²) in [5.74, 6) is 0.115. The van der Waals surface area contributed by atoms with Gasteiger partial charge in [-0.25, -0.2) is 4.98 Å². The molecule has 25 heavy (non-hydrogen) atoms. The number of anilines is 1. The van der Waals surface area contributed by atoms with Crippen molar-refractivity contribution < 1.29 is 14.5 Å². The molecule has 1 aromatic heterocycles. The predicted molar refractivity (Wildman–Crippen MR) is 94.9 cm³/mol. The van der Waals surface area contributed by atoms with Crippen LogP contribution in [-0.2, 0) is 4.79 Å². The van der Waals surface area contributed by atoms with Crippen LogP contribution in [-0.4, -0.2) is 21.9 Å². The number of hydrogen-bond donors (Lipinski definition) is 1. The number of ether oxygens (including phenoxy) is 1. The molecule has 1 heterocycles. The van der Waals surface area contributed by atoms with E-state index >= 15 is 0 Å². The lowest BCUT2D eigenvalue weighted by Crippen LogP contribution is -2.33. The number of nitrogens with zero attached hydrogens (tertiary/aromatic N) is 2. The van der Waals surface area contributed by atoms with Crippen LogP contribution in [0.5, 0.6) is 5.75 Å². The number of hydrogen-bond acceptors (Lipinski definition) is 5. The maximum absolute atomic E-state index is 12.5. The highest BCUT2D eigenvalue weighted by Crippen LogP contribution is 2.29. The largest absolute Gasteiger partial charge is 0.473 e. The van der Waals surface area contributed by atoms with Gasteiger partial charge in [0, 0.05) is 11.8 Å². The summed E-state index contributed by atoms with van der Waals surface area (Å²) in [4.78, 5) is 27.4. The van der Waals surface area contributed by atoms with Gasteiger partial charge in [0.25, 0.3) is 5.91 Å². The highest BCUT2D eigenvalue weighted by molar-refractivity contribution is 5.93. The molecule has 2 rings (SSSR count). The van der Waals surface area contributed by atoms with Gasteiger partial charge < -0.3 is 10.1 Å². The highest BCUT2D eigenvalue weighted by atomic mass is 16.6. The number of aryl methyl sites for hydroxylation is 3. The Balaban J connectivity index is 2.19. The van der Waals surface area contributed by atoms with Crippen LogP contribution in [0.25, 0.3) is 0 Å². The Morgan fingerprint density at radius 2 is 1.96 bits per heavy atom. The quantitative estimate of drug-likeness (QED) is 0.637. The van der Waals surface area contributed by atoms with E-state index in [4.69, 9.17) is 4.74 Å². The average Bonchev–Trinajstić information content (AvgIpc) is 2.52. The van der Waals surface area contributed by atoms with Crippen molar-refractivity contribution in [1.82, 2.24) is 4.98 Å². The number of rotatable bonds is 6. The van der Waals surface area contributed by atoms with Crippen LogP contribution in [0.4, 0.5) is 11.5 Å². The first-order valence-corrected chi connectivity index (χ1v) is 7.98. The van der Waals surface area contributed by atoms with Crippen molar-refractivity contribution in [3.63, 3.8) is 0 Å². The van der Waals surface area contributed by atoms with E-state index < -0.39 is 16.9 Å². The molecule has 0 aliphatic heterocycles. The first-order chi connectivity index (χ1) is 11.8. The Morgan fingerprint density at radius 3 is 2.56 bits per heavy atom. The van der Waals surface area contributed by atoms with E-state index in [0.717, 1.165) is 16.8 Å². The molecular weight excluding hydrogens is 322 g/mol. The summed E-state index contributed by atoms with van der Waals surface area (Å²) in [5.41, 5.74) is 2.36. The van der Waals surface area contributed by atoms with Crippen LogP contribution < -0.4 is 10.1 Å². The molecule has 0 radical (unpaired) electrons. The van der Waals surface area contributed by atoms with Gasteiger partial charge in [-0.1, -0.05) is 13.0 Å². The third-order valence-corrected chi connectivity index (χ3v) is 3.59. The summed E-state index contributed by atoms with van der Waals surface area (Å²) in [6, 6.07) is 8.30. The van der Waals surface area contributed by atoms with E-state index in [1.165, 1.54) is 12.1 Å². The molecule has 7 heteroatoms. The van der Waals surface area contributed by atoms with Crippen LogP contribution in [0.2, 0.25) is 0 Å². The molecule has 1 atom stereocenters. The van der Waals surface area contributed by atoms with Crippen molar-refractivity contribution in [2.24, 2.45) is 0 Å². The molecule has 1 amide bonds. The maximum atomic E-state index is 12.5. The number of nitro groups is 1. The summed E-state index contributed by atoms with van der Waals surface area (Å²) in [5, 5.41) is 13.9. The van der Waals surface area contributed by atoms with Crippen molar-refractivity contribution in [3.8, 4) is 5.75 Å². The molecule has 0 fully saturated rings. The fourth-order valence-corrected chi connectivity index (χ4v) is 2.46. The standard InChI is InChI=1S/C18H21N3O4/c1-5-15(18(22)20-17-10-12(3)8-13(4)19-17)25-16-7-6-11(2)9-14(16)21(23)24/h6-10,15H,5H2,1-4H3,(H,19,20,22)/t15-/m0/s1. The molecule has 0 spiro atoms. The summed E-state index contributed by atoms with van der Waals surface area (Å²) < 4.78 is 5.62. The van der Waals surface area contributed by atoms with E-state index in [1.807, 2.05) is 19.9 Å². The second kappa shape index (κ2) is 7.74. The molecule has 1 aromatic carbocycles. The van der Waals surface area contributed by atoms with Crippen molar-refractivity contribution in [1.29, 1.82) is 0 Å². The SMILES string of the molecule is CC[C@H](Oc1ccc(C)cc1[N+](=O)[O-])C(=O)Nc1cc(C)cc(C)n1. The molecule has 0 bridgehead atoms. The van der Waals surface area contributed by atoms with E-state index in [0.29, 0.717) is 12.2 Å². The van der Waals surface area contributed by atoms with Gasteiger partial charge in [-0.3, -0.25) is 14.9 Å². The second-order valence-electron chi connectivity index (χ2n) is 5.90. The molecule has 0 saturated heterocycles. The molecule has 0 saturated carbocycles. The Morgan fingerprint density at radius 1 is 1.24 bits per heavy atom. The van der Waals surface area contributed by atoms with Gasteiger partial charge in [0.2, 0.25) is 0 Å². The minimum Gasteiger partial charge on any atom is -0.473 e. The van der Waals surface area contributed by atoms with Crippen molar-refractivity contribution in [3.05, 3.63) is 57.3 Å². The van der Waals surface area contributed by atoms with Gasteiger partial charge >= 0.3 is 5.69 Å². The molecule has 1 N–H and O–H groups in total. The number of carbonyl (C=O) groups excluding carboxylic acids is 1. The number of nitro benzene ring substituents is 1. The highest BCUT2D eigenvalue weighted by Gasteiger charge is 2.24. The monoisotopic (exact) mass is 343 g/mol. The zero-order chi connectivity index (χ0) is 18.6. The molecule has 132 valence electrons. The summed E-state index contributed by atoms with van der Waals surface area (Å²) in [6.45, 7) is 7.28. The number of carbonyl (C=O) groups is 1. The summed E-state index contributed by atoms with van der Waals surface area (Å²) in [7, 11) is 0. The van der Waals surface area contributed by atoms with Gasteiger partial charge in [0.05, 0.1) is 4.92 Å². The Labute approximate surface area is 146 Å². The lowest BCUT2D eigenvalue weighted by atomic mass is 10.2. The van der Waals surface area contributed by atoms with Crippen LogP contribution >= 0.6 is 0 Å². The van der Waals surface area contributed by atoms with Crippen LogP contribution in [0.3, 0.4) is 0 Å². The van der Waals surface area contributed by atoms with Crippen molar-refractivity contribution in [2.45, 2.75) is 40.2 Å². The van der Waals surface area contributed by atoms with E-state index in [1.54, 1.807) is 26.0 Å². The van der Waals surface area contributed by atoms with Gasteiger partial charge in [-0.05, 0) is 56.5 Å². The van der Waals surface area contributed by atoms with E-state index in [2.05, 4.69) is 10.3 Å². The molecule has 0 aliphatic rings. The smallest absolute Gasteiger partial charge is 0.311 e. The number of nitrogens with one attached hydrogen (secondary N) is 1. The van der Waals surface area contributed by atoms with Gasteiger partial charge in [-0.15, -0.1) is 0 Å². The molecule has 7 nitrogen and oxygen atoms in total. The predicted octanol–water partition coefficient (Wildman–Crippen LogP) is 3.71. The van der Waals surface area contributed by atoms with Crippen molar-refractivity contribution in [2.75, 3.05) is 5.32 Å². The lowest BCUT2D eigenvalue weighted by molar-refractivity contribution is -0.386. The topological polar surface area (TPSA) is 94.4 Å². The summed E-state index contributed by atoms with van der Waals surface area (Å²) in [6.07, 6.45) is -0.495. The minimum atomic E-state index is -0.857. The fourth-order valence-electron chi connectivity index (χ4n) is 2.46. The van der Waals surface area contributed by atoms with E-state index in [9.17, 15) is 14.9 Å². The van der Waals surface area contributed by atoms with Crippen LogP contribution in [0.1, 0.15) is 30.2 Å². The fraction of sp³-hybridized carbons (Fsp3) is 0.333. The number of benzene rings is 1. The van der Waals surface area contributed by atoms with Crippen molar-refractivity contribution >= 4 is 17.4 Å². The number of aromatic nitrogens is 1. The Hall–Kier alpha value is -2.96. The maximum Gasteiger partial charge on any atom is 0.311 e. The summed E-state index contributed by atoms with van der Waals surface area (Å²) >= 11 is 0. The second-order valence-corrected chi connectivity index (χ2v) is 5.90. The third kappa shape index (κ3) is 4.76. The van der Waals surface area contributed by atoms with Crippen LogP contribution in [0.15, 0.2) is 30.3 Å². The molecule has 2 aromatic rings. The zero-order valence-electron chi connectivity index (χ0n) is 14.7. The van der Waals surface area contributed by atoms with Gasteiger partial charge in [0.1, 0.15) is 5.82 Å². The first kappa shape index (κ1) is 18.4. The number of amides is 1. The first-order valence-electron chi connectivity index (χ1n) is 7.98. The zero-order valence-corrected chi connectivity index (χ0v) is 14.7. The Kier molecular flexibility index (Phi) is 5.69.